The van der Waals surface area contributed by atoms with Crippen molar-refractivity contribution in [1.82, 2.24) is 15.1 Å². The van der Waals surface area contributed by atoms with Crippen molar-refractivity contribution in [3.8, 4) is 0 Å². The summed E-state index contributed by atoms with van der Waals surface area (Å²) in [7, 11) is 2.15. The summed E-state index contributed by atoms with van der Waals surface area (Å²) in [4.78, 5) is 2.34. The highest BCUT2D eigenvalue weighted by molar-refractivity contribution is 5.35. The van der Waals surface area contributed by atoms with Gasteiger partial charge in [-0.25, -0.2) is 0 Å². The van der Waals surface area contributed by atoms with E-state index in [2.05, 4.69) is 22.1 Å². The van der Waals surface area contributed by atoms with Crippen molar-refractivity contribution in [2.75, 3.05) is 25.9 Å². The van der Waals surface area contributed by atoms with Gasteiger partial charge in [0.2, 0.25) is 0 Å². The monoisotopic (exact) mass is 192 g/mol. The molecule has 0 saturated carbocycles. The maximum absolute atomic E-state index is 5.68. The second-order valence-corrected chi connectivity index (χ2v) is 3.99. The SMILES string of the molecule is CN1CCC(c2cc(N)cnn2)CC1. The number of likely N-dealkylation sites (tertiary alicyclic amines) is 1. The van der Waals surface area contributed by atoms with Crippen LogP contribution in [0.2, 0.25) is 0 Å². The first-order chi connectivity index (χ1) is 6.75. The summed E-state index contributed by atoms with van der Waals surface area (Å²) in [5.74, 6) is 0.544. The molecule has 0 radical (unpaired) electrons. The predicted molar refractivity (Wildman–Crippen MR) is 55.9 cm³/mol. The Hall–Kier alpha value is -1.16. The van der Waals surface area contributed by atoms with E-state index in [1.807, 2.05) is 6.07 Å². The molecule has 1 aliphatic heterocycles. The number of nitrogen functional groups attached to an aromatic ring is 1. The highest BCUT2D eigenvalue weighted by Gasteiger charge is 2.19. The summed E-state index contributed by atoms with van der Waals surface area (Å²) in [5.41, 5.74) is 7.45. The molecule has 0 aliphatic carbocycles. The van der Waals surface area contributed by atoms with Crippen molar-refractivity contribution in [2.24, 2.45) is 0 Å². The van der Waals surface area contributed by atoms with Gasteiger partial charge < -0.3 is 10.6 Å². The van der Waals surface area contributed by atoms with Crippen molar-refractivity contribution in [3.63, 3.8) is 0 Å². The number of rotatable bonds is 1. The molecule has 0 amide bonds. The van der Waals surface area contributed by atoms with E-state index in [1.54, 1.807) is 6.20 Å². The van der Waals surface area contributed by atoms with Crippen molar-refractivity contribution in [1.29, 1.82) is 0 Å². The van der Waals surface area contributed by atoms with E-state index >= 15 is 0 Å². The van der Waals surface area contributed by atoms with Crippen molar-refractivity contribution in [3.05, 3.63) is 18.0 Å². The maximum Gasteiger partial charge on any atom is 0.0726 e. The van der Waals surface area contributed by atoms with E-state index in [0.29, 0.717) is 11.6 Å². The lowest BCUT2D eigenvalue weighted by molar-refractivity contribution is 0.253. The topological polar surface area (TPSA) is 55.0 Å². The molecule has 0 aromatic carbocycles. The van der Waals surface area contributed by atoms with Crippen LogP contribution in [0.3, 0.4) is 0 Å². The van der Waals surface area contributed by atoms with Crippen LogP contribution in [0.15, 0.2) is 12.3 Å². The molecule has 1 aromatic rings. The Morgan fingerprint density at radius 3 is 2.79 bits per heavy atom. The van der Waals surface area contributed by atoms with Gasteiger partial charge in [0.25, 0.3) is 0 Å². The molecule has 76 valence electrons. The minimum Gasteiger partial charge on any atom is -0.397 e. The third kappa shape index (κ3) is 2.01. The van der Waals surface area contributed by atoms with Gasteiger partial charge >= 0.3 is 0 Å². The van der Waals surface area contributed by atoms with E-state index in [-0.39, 0.29) is 0 Å². The van der Waals surface area contributed by atoms with Gasteiger partial charge in [0.05, 0.1) is 17.6 Å². The lowest BCUT2D eigenvalue weighted by Gasteiger charge is -2.28. The molecule has 0 unspecified atom stereocenters. The minimum atomic E-state index is 0.544. The Labute approximate surface area is 84.1 Å². The molecule has 2 N–H and O–H groups in total. The normalized spacial score (nSPS) is 19.8. The summed E-state index contributed by atoms with van der Waals surface area (Å²) in [5, 5.41) is 8.03. The number of piperidine rings is 1. The summed E-state index contributed by atoms with van der Waals surface area (Å²) < 4.78 is 0. The van der Waals surface area contributed by atoms with Crippen LogP contribution in [0.1, 0.15) is 24.5 Å². The Morgan fingerprint density at radius 2 is 2.14 bits per heavy atom. The summed E-state index contributed by atoms with van der Waals surface area (Å²) in [6.45, 7) is 2.28. The van der Waals surface area contributed by atoms with Gasteiger partial charge in [-0.2, -0.15) is 10.2 Å². The molecule has 1 aliphatic rings. The maximum atomic E-state index is 5.68. The Balaban J connectivity index is 2.08. The molecule has 1 saturated heterocycles. The fourth-order valence-electron chi connectivity index (χ4n) is 1.90. The van der Waals surface area contributed by atoms with Gasteiger partial charge in [0.1, 0.15) is 0 Å². The van der Waals surface area contributed by atoms with Crippen LogP contribution in [0, 0.1) is 0 Å². The van der Waals surface area contributed by atoms with Crippen LogP contribution >= 0.6 is 0 Å². The van der Waals surface area contributed by atoms with Crippen LogP contribution in [0.4, 0.5) is 5.69 Å². The number of anilines is 1. The predicted octanol–water partition coefficient (Wildman–Crippen LogP) is 0.868. The second-order valence-electron chi connectivity index (χ2n) is 3.99. The Morgan fingerprint density at radius 1 is 1.43 bits per heavy atom. The quantitative estimate of drug-likeness (QED) is 0.717. The molecule has 4 nitrogen and oxygen atoms in total. The van der Waals surface area contributed by atoms with Gasteiger partial charge in [-0.05, 0) is 39.0 Å². The average Bonchev–Trinajstić information content (AvgIpc) is 2.19. The zero-order chi connectivity index (χ0) is 9.97. The van der Waals surface area contributed by atoms with E-state index < -0.39 is 0 Å². The highest BCUT2D eigenvalue weighted by atomic mass is 15.1. The summed E-state index contributed by atoms with van der Waals surface area (Å²) >= 11 is 0. The molecular weight excluding hydrogens is 176 g/mol. The Bertz CT molecular complexity index is 305. The molecule has 4 heteroatoms. The van der Waals surface area contributed by atoms with Crippen molar-refractivity contribution in [2.45, 2.75) is 18.8 Å². The molecule has 2 rings (SSSR count). The number of hydrogen-bond acceptors (Lipinski definition) is 4. The fraction of sp³-hybridized carbons (Fsp3) is 0.600. The molecular formula is C10H16N4. The number of nitrogens with zero attached hydrogens (tertiary/aromatic N) is 3. The third-order valence-electron chi connectivity index (χ3n) is 2.83. The van der Waals surface area contributed by atoms with Gasteiger partial charge in [0.15, 0.2) is 0 Å². The van der Waals surface area contributed by atoms with Crippen LogP contribution in [0.5, 0.6) is 0 Å². The number of nitrogens with two attached hydrogens (primary N) is 1. The van der Waals surface area contributed by atoms with Crippen LogP contribution in [0.25, 0.3) is 0 Å². The molecule has 0 atom stereocenters. The molecule has 0 bridgehead atoms. The molecule has 2 heterocycles. The van der Waals surface area contributed by atoms with Crippen LogP contribution in [-0.2, 0) is 0 Å². The average molecular weight is 192 g/mol. The first-order valence-corrected chi connectivity index (χ1v) is 5.02. The minimum absolute atomic E-state index is 0.544. The zero-order valence-corrected chi connectivity index (χ0v) is 8.48. The summed E-state index contributed by atoms with van der Waals surface area (Å²) in [6.07, 6.45) is 3.92. The number of aromatic nitrogens is 2. The van der Waals surface area contributed by atoms with Gasteiger partial charge in [0, 0.05) is 5.92 Å². The molecule has 1 fully saturated rings. The standard InChI is InChI=1S/C10H16N4/c1-14-4-2-8(3-5-14)10-6-9(11)7-12-13-10/h6-8H,2-5H2,1H3,(H2,11,13). The zero-order valence-electron chi connectivity index (χ0n) is 8.48. The largest absolute Gasteiger partial charge is 0.397 e. The van der Waals surface area contributed by atoms with Crippen molar-refractivity contribution < 1.29 is 0 Å². The van der Waals surface area contributed by atoms with E-state index in [4.69, 9.17) is 5.73 Å². The van der Waals surface area contributed by atoms with Gasteiger partial charge in [-0.3, -0.25) is 0 Å². The van der Waals surface area contributed by atoms with Gasteiger partial charge in [-0.15, -0.1) is 0 Å². The number of hydrogen-bond donors (Lipinski definition) is 1. The first-order valence-electron chi connectivity index (χ1n) is 5.02. The van der Waals surface area contributed by atoms with Gasteiger partial charge in [-0.1, -0.05) is 0 Å². The highest BCUT2D eigenvalue weighted by Crippen LogP contribution is 2.26. The second kappa shape index (κ2) is 3.92. The summed E-state index contributed by atoms with van der Waals surface area (Å²) in [6, 6.07) is 1.95. The van der Waals surface area contributed by atoms with E-state index in [0.717, 1.165) is 31.6 Å². The van der Waals surface area contributed by atoms with E-state index in [9.17, 15) is 0 Å². The molecule has 1 aromatic heterocycles. The third-order valence-corrected chi connectivity index (χ3v) is 2.83. The smallest absolute Gasteiger partial charge is 0.0726 e. The fourth-order valence-corrected chi connectivity index (χ4v) is 1.90. The Kier molecular flexibility index (Phi) is 2.63. The lowest BCUT2D eigenvalue weighted by atomic mass is 9.93. The van der Waals surface area contributed by atoms with Crippen LogP contribution in [-0.4, -0.2) is 35.2 Å². The van der Waals surface area contributed by atoms with Crippen molar-refractivity contribution >= 4 is 5.69 Å². The van der Waals surface area contributed by atoms with Crippen LogP contribution < -0.4 is 5.73 Å². The molecule has 14 heavy (non-hydrogen) atoms. The lowest BCUT2D eigenvalue weighted by Crippen LogP contribution is -2.29. The first kappa shape index (κ1) is 9.40. The van der Waals surface area contributed by atoms with E-state index in [1.165, 1.54) is 0 Å². The molecule has 0 spiro atoms.